The molecule has 1 aromatic carbocycles. The van der Waals surface area contributed by atoms with E-state index in [0.717, 1.165) is 18.0 Å². The van der Waals surface area contributed by atoms with E-state index in [2.05, 4.69) is 5.32 Å². The Morgan fingerprint density at radius 2 is 2.00 bits per heavy atom. The third kappa shape index (κ3) is 2.07. The Morgan fingerprint density at radius 1 is 1.29 bits per heavy atom. The molecular weight excluding hydrogens is 198 g/mol. The quantitative estimate of drug-likeness (QED) is 0.756. The molecule has 0 aromatic heterocycles. The number of carbonyl (C=O) groups excluding carboxylic acids is 1. The van der Waals surface area contributed by atoms with Crippen LogP contribution in [0.3, 0.4) is 0 Å². The monoisotopic (exact) mass is 209 g/mol. The molecule has 14 heavy (non-hydrogen) atoms. The summed E-state index contributed by atoms with van der Waals surface area (Å²) in [4.78, 5) is 11.2. The van der Waals surface area contributed by atoms with Gasteiger partial charge in [-0.1, -0.05) is 23.7 Å². The Bertz CT molecular complexity index is 334. The van der Waals surface area contributed by atoms with E-state index in [9.17, 15) is 4.79 Å². The Kier molecular flexibility index (Phi) is 2.73. The zero-order chi connectivity index (χ0) is 9.97. The topological polar surface area (TPSA) is 29.1 Å². The van der Waals surface area contributed by atoms with Crippen LogP contribution >= 0.6 is 11.6 Å². The summed E-state index contributed by atoms with van der Waals surface area (Å²) >= 11 is 5.80. The molecule has 1 aromatic rings. The van der Waals surface area contributed by atoms with Crippen molar-refractivity contribution in [1.29, 1.82) is 0 Å². The first-order valence-corrected chi connectivity index (χ1v) is 5.15. The molecule has 0 aliphatic carbocycles. The minimum Gasteiger partial charge on any atom is -0.356 e. The lowest BCUT2D eigenvalue weighted by atomic mass is 9.90. The summed E-state index contributed by atoms with van der Waals surface area (Å²) in [6, 6.07) is 7.77. The Hall–Kier alpha value is -1.02. The fourth-order valence-corrected chi connectivity index (χ4v) is 1.93. The summed E-state index contributed by atoms with van der Waals surface area (Å²) in [6.45, 7) is 0.784. The second kappa shape index (κ2) is 4.01. The van der Waals surface area contributed by atoms with Crippen molar-refractivity contribution in [2.24, 2.45) is 0 Å². The average molecular weight is 210 g/mol. The van der Waals surface area contributed by atoms with Gasteiger partial charge in [0.25, 0.3) is 0 Å². The first-order chi connectivity index (χ1) is 6.75. The zero-order valence-corrected chi connectivity index (χ0v) is 8.55. The van der Waals surface area contributed by atoms with Crippen molar-refractivity contribution in [3.05, 3.63) is 34.9 Å². The Labute approximate surface area is 88.3 Å². The number of carbonyl (C=O) groups is 1. The number of benzene rings is 1. The molecule has 0 radical (unpaired) electrons. The van der Waals surface area contributed by atoms with Gasteiger partial charge >= 0.3 is 0 Å². The van der Waals surface area contributed by atoms with Crippen molar-refractivity contribution in [3.8, 4) is 0 Å². The number of amides is 1. The van der Waals surface area contributed by atoms with E-state index in [0.29, 0.717) is 12.3 Å². The number of nitrogens with one attached hydrogen (secondary N) is 1. The van der Waals surface area contributed by atoms with Gasteiger partial charge in [-0.05, 0) is 30.0 Å². The molecule has 1 aliphatic heterocycles. The van der Waals surface area contributed by atoms with Crippen LogP contribution in [0.4, 0.5) is 0 Å². The molecule has 1 fully saturated rings. The number of halogens is 1. The van der Waals surface area contributed by atoms with Crippen LogP contribution in [0, 0.1) is 0 Å². The van der Waals surface area contributed by atoms with Crippen LogP contribution in [0.5, 0.6) is 0 Å². The van der Waals surface area contributed by atoms with Crippen LogP contribution in [0.15, 0.2) is 24.3 Å². The van der Waals surface area contributed by atoms with E-state index in [-0.39, 0.29) is 5.91 Å². The van der Waals surface area contributed by atoms with Gasteiger partial charge in [-0.25, -0.2) is 0 Å². The van der Waals surface area contributed by atoms with Crippen molar-refractivity contribution in [2.75, 3.05) is 6.54 Å². The van der Waals surface area contributed by atoms with Gasteiger partial charge in [0.2, 0.25) is 5.91 Å². The van der Waals surface area contributed by atoms with Gasteiger partial charge in [0, 0.05) is 18.0 Å². The van der Waals surface area contributed by atoms with Crippen molar-refractivity contribution >= 4 is 17.5 Å². The average Bonchev–Trinajstić information content (AvgIpc) is 2.19. The largest absolute Gasteiger partial charge is 0.356 e. The van der Waals surface area contributed by atoms with Gasteiger partial charge in [0.15, 0.2) is 0 Å². The molecule has 0 spiro atoms. The number of piperidine rings is 1. The molecule has 1 atom stereocenters. The van der Waals surface area contributed by atoms with Gasteiger partial charge in [0.1, 0.15) is 0 Å². The summed E-state index contributed by atoms with van der Waals surface area (Å²) < 4.78 is 0. The van der Waals surface area contributed by atoms with Crippen LogP contribution in [0.1, 0.15) is 24.3 Å². The van der Waals surface area contributed by atoms with Crippen LogP contribution in [-0.4, -0.2) is 12.5 Å². The maximum Gasteiger partial charge on any atom is 0.220 e. The van der Waals surface area contributed by atoms with E-state index in [1.807, 2.05) is 24.3 Å². The van der Waals surface area contributed by atoms with Gasteiger partial charge in [-0.3, -0.25) is 4.79 Å². The predicted molar refractivity (Wildman–Crippen MR) is 56.4 cm³/mol. The SMILES string of the molecule is O=C1CC(c2ccc(Cl)cc2)CCN1. The first-order valence-electron chi connectivity index (χ1n) is 4.78. The highest BCUT2D eigenvalue weighted by molar-refractivity contribution is 6.30. The number of hydrogen-bond acceptors (Lipinski definition) is 1. The molecule has 0 saturated carbocycles. The molecule has 1 N–H and O–H groups in total. The Balaban J connectivity index is 2.14. The minimum absolute atomic E-state index is 0.149. The highest BCUT2D eigenvalue weighted by atomic mass is 35.5. The third-order valence-corrected chi connectivity index (χ3v) is 2.84. The lowest BCUT2D eigenvalue weighted by molar-refractivity contribution is -0.122. The normalized spacial score (nSPS) is 21.8. The number of hydrogen-bond donors (Lipinski definition) is 1. The second-order valence-electron chi connectivity index (χ2n) is 3.59. The van der Waals surface area contributed by atoms with Gasteiger partial charge in [-0.15, -0.1) is 0 Å². The summed E-state index contributed by atoms with van der Waals surface area (Å²) in [5, 5.41) is 3.57. The molecule has 74 valence electrons. The molecule has 0 bridgehead atoms. The van der Waals surface area contributed by atoms with Crippen LogP contribution in [-0.2, 0) is 4.79 Å². The summed E-state index contributed by atoms with van der Waals surface area (Å²) in [7, 11) is 0. The summed E-state index contributed by atoms with van der Waals surface area (Å²) in [6.07, 6.45) is 1.62. The van der Waals surface area contributed by atoms with Crippen molar-refractivity contribution in [1.82, 2.24) is 5.32 Å². The molecular formula is C11H12ClNO. The van der Waals surface area contributed by atoms with Gasteiger partial charge in [-0.2, -0.15) is 0 Å². The van der Waals surface area contributed by atoms with Gasteiger partial charge < -0.3 is 5.32 Å². The van der Waals surface area contributed by atoms with E-state index >= 15 is 0 Å². The molecule has 1 amide bonds. The van der Waals surface area contributed by atoms with Crippen LogP contribution in [0.25, 0.3) is 0 Å². The van der Waals surface area contributed by atoms with E-state index in [1.54, 1.807) is 0 Å². The molecule has 2 rings (SSSR count). The standard InChI is InChI=1S/C11H12ClNO/c12-10-3-1-8(2-4-10)9-5-6-13-11(14)7-9/h1-4,9H,5-7H2,(H,13,14). The molecule has 1 aliphatic rings. The summed E-state index contributed by atoms with van der Waals surface area (Å²) in [5.74, 6) is 0.511. The number of rotatable bonds is 1. The fourth-order valence-electron chi connectivity index (χ4n) is 1.80. The van der Waals surface area contributed by atoms with Gasteiger partial charge in [0.05, 0.1) is 0 Å². The van der Waals surface area contributed by atoms with E-state index in [1.165, 1.54) is 5.56 Å². The van der Waals surface area contributed by atoms with E-state index in [4.69, 9.17) is 11.6 Å². The predicted octanol–water partition coefficient (Wildman–Crippen LogP) is 2.33. The maximum atomic E-state index is 11.2. The van der Waals surface area contributed by atoms with E-state index < -0.39 is 0 Å². The summed E-state index contributed by atoms with van der Waals surface area (Å²) in [5.41, 5.74) is 1.21. The lowest BCUT2D eigenvalue weighted by Crippen LogP contribution is -2.32. The Morgan fingerprint density at radius 3 is 2.64 bits per heavy atom. The molecule has 2 nitrogen and oxygen atoms in total. The lowest BCUT2D eigenvalue weighted by Gasteiger charge is -2.22. The smallest absolute Gasteiger partial charge is 0.220 e. The molecule has 1 heterocycles. The second-order valence-corrected chi connectivity index (χ2v) is 4.03. The molecule has 3 heteroatoms. The molecule has 1 saturated heterocycles. The minimum atomic E-state index is 0.149. The highest BCUT2D eigenvalue weighted by Crippen LogP contribution is 2.26. The van der Waals surface area contributed by atoms with Crippen molar-refractivity contribution < 1.29 is 4.79 Å². The maximum absolute atomic E-state index is 11.2. The first kappa shape index (κ1) is 9.53. The molecule has 1 unspecified atom stereocenters. The van der Waals surface area contributed by atoms with Crippen LogP contribution < -0.4 is 5.32 Å². The van der Waals surface area contributed by atoms with Crippen molar-refractivity contribution in [3.63, 3.8) is 0 Å². The zero-order valence-electron chi connectivity index (χ0n) is 7.79. The fraction of sp³-hybridized carbons (Fsp3) is 0.364. The van der Waals surface area contributed by atoms with Crippen molar-refractivity contribution in [2.45, 2.75) is 18.8 Å². The third-order valence-electron chi connectivity index (χ3n) is 2.59. The highest BCUT2D eigenvalue weighted by Gasteiger charge is 2.19. The van der Waals surface area contributed by atoms with Crippen LogP contribution in [0.2, 0.25) is 5.02 Å².